The number of hydrogen-bond donors (Lipinski definition) is 2. The third-order valence-corrected chi connectivity index (χ3v) is 11.8. The highest BCUT2D eigenvalue weighted by Crippen LogP contribution is 2.69. The Labute approximate surface area is 220 Å². The van der Waals surface area contributed by atoms with Gasteiger partial charge in [0.2, 0.25) is 0 Å². The summed E-state index contributed by atoms with van der Waals surface area (Å²) in [7, 11) is 0. The minimum Gasteiger partial charge on any atom is -0.389 e. The Kier molecular flexibility index (Phi) is 4.82. The number of aliphatic hydroxyl groups is 1. The lowest BCUT2D eigenvalue weighted by Crippen LogP contribution is -2.56. The first-order valence-electron chi connectivity index (χ1n) is 14.8. The van der Waals surface area contributed by atoms with Gasteiger partial charge in [0, 0.05) is 30.4 Å². The Morgan fingerprint density at radius 3 is 2.86 bits per heavy atom. The maximum Gasteiger partial charge on any atom is 0.0974 e. The summed E-state index contributed by atoms with van der Waals surface area (Å²) in [5.74, 6) is 1.12. The molecule has 2 aromatic rings. The topological polar surface area (TPSA) is 54.4 Å². The molecule has 2 aliphatic heterocycles. The van der Waals surface area contributed by atoms with Gasteiger partial charge >= 0.3 is 0 Å². The smallest absolute Gasteiger partial charge is 0.0974 e. The number of ether oxygens (including phenoxy) is 1. The van der Waals surface area contributed by atoms with Crippen LogP contribution in [0.1, 0.15) is 89.0 Å². The summed E-state index contributed by atoms with van der Waals surface area (Å²) in [5, 5.41) is 16.9. The van der Waals surface area contributed by atoms with E-state index in [0.717, 1.165) is 64.3 Å². The molecule has 0 radical (unpaired) electrons. The van der Waals surface area contributed by atoms with Crippen LogP contribution in [0.3, 0.4) is 0 Å². The number of fused-ring (bicyclic) bond motifs is 2. The second-order valence-electron chi connectivity index (χ2n) is 13.6. The Hall–Kier alpha value is -2.01. The van der Waals surface area contributed by atoms with Crippen LogP contribution in [0.25, 0.3) is 10.8 Å². The fraction of sp³-hybridized carbons (Fsp3) is 0.606. The molecule has 2 bridgehead atoms. The van der Waals surface area contributed by atoms with Gasteiger partial charge in [0.05, 0.1) is 16.8 Å². The molecule has 1 unspecified atom stereocenters. The van der Waals surface area contributed by atoms with Crippen LogP contribution in [-0.2, 0) is 4.74 Å². The lowest BCUT2D eigenvalue weighted by molar-refractivity contribution is -0.137. The zero-order valence-corrected chi connectivity index (χ0v) is 22.1. The molecule has 2 spiro atoms. The maximum atomic E-state index is 10.6. The molecule has 3 heterocycles. The van der Waals surface area contributed by atoms with Crippen molar-refractivity contribution in [2.45, 2.75) is 106 Å². The molecule has 0 amide bonds. The molecule has 4 fully saturated rings. The van der Waals surface area contributed by atoms with Crippen LogP contribution in [0, 0.1) is 11.3 Å². The van der Waals surface area contributed by atoms with Gasteiger partial charge in [-0.3, -0.25) is 4.98 Å². The quantitative estimate of drug-likeness (QED) is 0.518. The average molecular weight is 497 g/mol. The van der Waals surface area contributed by atoms with Crippen LogP contribution in [-0.4, -0.2) is 39.5 Å². The van der Waals surface area contributed by atoms with Crippen molar-refractivity contribution in [1.29, 1.82) is 0 Å². The molecule has 194 valence electrons. The van der Waals surface area contributed by atoms with E-state index in [1.165, 1.54) is 34.8 Å². The van der Waals surface area contributed by atoms with Gasteiger partial charge in [-0.05, 0) is 122 Å². The summed E-state index contributed by atoms with van der Waals surface area (Å²) < 4.78 is 7.47. The fourth-order valence-corrected chi connectivity index (χ4v) is 9.55. The summed E-state index contributed by atoms with van der Waals surface area (Å²) >= 11 is 0. The molecule has 3 saturated carbocycles. The predicted octanol–water partition coefficient (Wildman–Crippen LogP) is 6.35. The third kappa shape index (κ3) is 3.22. The van der Waals surface area contributed by atoms with Crippen LogP contribution in [0.15, 0.2) is 60.0 Å². The molecule has 4 aliphatic carbocycles. The number of hydrogen-bond acceptors (Lipinski definition) is 4. The van der Waals surface area contributed by atoms with Crippen molar-refractivity contribution in [2.24, 2.45) is 11.3 Å². The van der Waals surface area contributed by atoms with Crippen molar-refractivity contribution in [3.8, 4) is 0 Å². The highest BCUT2D eigenvalue weighted by atomic mass is 16.5. The van der Waals surface area contributed by atoms with E-state index in [1.54, 1.807) is 5.57 Å². The molecule has 1 aromatic heterocycles. The first-order valence-corrected chi connectivity index (χ1v) is 14.8. The van der Waals surface area contributed by atoms with Crippen LogP contribution in [0.2, 0.25) is 0 Å². The van der Waals surface area contributed by atoms with Gasteiger partial charge in [-0.25, -0.2) is 0 Å². The number of nitrogens with one attached hydrogen (secondary N) is 1. The number of rotatable bonds is 4. The fourth-order valence-electron chi connectivity index (χ4n) is 9.55. The highest BCUT2D eigenvalue weighted by molar-refractivity contribution is 5.82. The monoisotopic (exact) mass is 496 g/mol. The maximum absolute atomic E-state index is 10.6. The minimum absolute atomic E-state index is 0.0968. The first kappa shape index (κ1) is 22.9. The number of benzene rings is 1. The lowest BCUT2D eigenvalue weighted by Gasteiger charge is -2.54. The van der Waals surface area contributed by atoms with Crippen molar-refractivity contribution in [1.82, 2.24) is 10.3 Å². The van der Waals surface area contributed by atoms with Crippen LogP contribution in [0.5, 0.6) is 0 Å². The van der Waals surface area contributed by atoms with E-state index in [4.69, 9.17) is 4.74 Å². The molecule has 6 atom stereocenters. The molecule has 1 saturated heterocycles. The van der Waals surface area contributed by atoms with Gasteiger partial charge < -0.3 is 15.2 Å². The Bertz CT molecular complexity index is 1330. The number of nitrogens with zero attached hydrogens (tertiary/aromatic N) is 1. The summed E-state index contributed by atoms with van der Waals surface area (Å²) in [5.41, 5.74) is 4.07. The predicted molar refractivity (Wildman–Crippen MR) is 146 cm³/mol. The molecule has 37 heavy (non-hydrogen) atoms. The van der Waals surface area contributed by atoms with Gasteiger partial charge in [0.25, 0.3) is 0 Å². The van der Waals surface area contributed by atoms with Gasteiger partial charge in [-0.1, -0.05) is 31.2 Å². The highest BCUT2D eigenvalue weighted by Gasteiger charge is 2.66. The SMILES string of the molecule is C[C@]12CC=C3C=C4CC[C@H](NCC5(O)CCC5)C[C@]45CCC3(O5)[C@@H]1CC[C@@H]2c1ccc2ccncc2c1. The second-order valence-corrected chi connectivity index (χ2v) is 13.6. The van der Waals surface area contributed by atoms with E-state index in [0.29, 0.717) is 17.9 Å². The summed E-state index contributed by atoms with van der Waals surface area (Å²) in [6, 6.07) is 9.63. The largest absolute Gasteiger partial charge is 0.389 e. The van der Waals surface area contributed by atoms with Crippen LogP contribution < -0.4 is 5.32 Å². The first-order chi connectivity index (χ1) is 17.9. The summed E-state index contributed by atoms with van der Waals surface area (Å²) in [4.78, 5) is 4.39. The van der Waals surface area contributed by atoms with Gasteiger partial charge in [0.1, 0.15) is 0 Å². The average Bonchev–Trinajstić information content (AvgIpc) is 3.41. The third-order valence-electron chi connectivity index (χ3n) is 11.8. The van der Waals surface area contributed by atoms with Crippen molar-refractivity contribution in [3.63, 3.8) is 0 Å². The van der Waals surface area contributed by atoms with Crippen molar-refractivity contribution < 1.29 is 9.84 Å². The standard InChI is InChI=1S/C33H40N2O2/c1-30-13-9-26-18-25-5-6-27(35-21-31(36)11-2-12-31)19-32(25)14-15-33(26,37-32)29(30)8-7-28(30)23-4-3-22-10-16-34-20-24(22)17-23/h3-4,9-10,16-18,20,27-29,35-36H,2,5-8,11-15,19,21H2,1H3/t27-,28+,29+,30+,32+,33?/m0/s1. The number of allylic oxidation sites excluding steroid dienone is 1. The summed E-state index contributed by atoms with van der Waals surface area (Å²) in [6.45, 7) is 3.30. The van der Waals surface area contributed by atoms with E-state index in [9.17, 15) is 5.11 Å². The number of pyridine rings is 1. The number of aromatic nitrogens is 1. The zero-order valence-electron chi connectivity index (χ0n) is 22.1. The van der Waals surface area contributed by atoms with E-state index in [-0.39, 0.29) is 16.6 Å². The van der Waals surface area contributed by atoms with Crippen LogP contribution in [0.4, 0.5) is 0 Å². The lowest BCUT2D eigenvalue weighted by atomic mass is 9.58. The van der Waals surface area contributed by atoms with Gasteiger partial charge in [-0.15, -0.1) is 0 Å². The minimum atomic E-state index is -0.461. The van der Waals surface area contributed by atoms with E-state index < -0.39 is 5.60 Å². The normalized spacial score (nSPS) is 41.3. The Morgan fingerprint density at radius 2 is 2.00 bits per heavy atom. The van der Waals surface area contributed by atoms with Crippen LogP contribution >= 0.6 is 0 Å². The van der Waals surface area contributed by atoms with Gasteiger partial charge in [-0.2, -0.15) is 0 Å². The van der Waals surface area contributed by atoms with Crippen molar-refractivity contribution in [3.05, 3.63) is 65.5 Å². The Balaban J connectivity index is 1.09. The molecule has 6 aliphatic rings. The molecule has 4 nitrogen and oxygen atoms in total. The molecule has 2 N–H and O–H groups in total. The van der Waals surface area contributed by atoms with Gasteiger partial charge in [0.15, 0.2) is 0 Å². The molecular weight excluding hydrogens is 456 g/mol. The zero-order chi connectivity index (χ0) is 24.9. The second kappa shape index (κ2) is 7.77. The molecular formula is C33H40N2O2. The van der Waals surface area contributed by atoms with E-state index >= 15 is 0 Å². The molecule has 1 aromatic carbocycles. The molecule has 8 rings (SSSR count). The molecule has 4 heteroatoms. The Morgan fingerprint density at radius 1 is 1.08 bits per heavy atom. The van der Waals surface area contributed by atoms with Crippen molar-refractivity contribution >= 4 is 10.8 Å². The van der Waals surface area contributed by atoms with E-state index in [2.05, 4.69) is 53.6 Å². The van der Waals surface area contributed by atoms with Crippen molar-refractivity contribution in [2.75, 3.05) is 6.54 Å². The summed E-state index contributed by atoms with van der Waals surface area (Å²) in [6.07, 6.45) is 21.4. The van der Waals surface area contributed by atoms with E-state index in [1.807, 2.05) is 12.4 Å².